The number of nitrogens with one attached hydrogen (secondary N) is 1. The first-order chi connectivity index (χ1) is 13.8. The van der Waals surface area contributed by atoms with Crippen molar-refractivity contribution in [3.63, 3.8) is 0 Å². The van der Waals surface area contributed by atoms with E-state index >= 15 is 0 Å². The van der Waals surface area contributed by atoms with Gasteiger partial charge in [0.15, 0.2) is 0 Å². The minimum absolute atomic E-state index is 0.0398. The molecule has 29 heavy (non-hydrogen) atoms. The van der Waals surface area contributed by atoms with Gasteiger partial charge >= 0.3 is 0 Å². The Morgan fingerprint density at radius 1 is 1.14 bits per heavy atom. The molecule has 0 saturated heterocycles. The van der Waals surface area contributed by atoms with E-state index in [1.807, 2.05) is 69.3 Å². The maximum absolute atomic E-state index is 12.8. The summed E-state index contributed by atoms with van der Waals surface area (Å²) in [4.78, 5) is 12.8. The van der Waals surface area contributed by atoms with Gasteiger partial charge < -0.3 is 5.32 Å². The third kappa shape index (κ3) is 4.23. The number of halogens is 1. The van der Waals surface area contributed by atoms with Crippen LogP contribution in [0.3, 0.4) is 0 Å². The summed E-state index contributed by atoms with van der Waals surface area (Å²) >= 11 is 6.51. The summed E-state index contributed by atoms with van der Waals surface area (Å²) in [6.45, 7) is 7.65. The van der Waals surface area contributed by atoms with Gasteiger partial charge in [-0.2, -0.15) is 10.4 Å². The highest BCUT2D eigenvalue weighted by atomic mass is 35.5. The fourth-order valence-corrected chi connectivity index (χ4v) is 3.59. The van der Waals surface area contributed by atoms with Crippen LogP contribution in [0.1, 0.15) is 27.9 Å². The topological polar surface area (TPSA) is 70.7 Å². The summed E-state index contributed by atoms with van der Waals surface area (Å²) in [5, 5.41) is 17.2. The Morgan fingerprint density at radius 2 is 1.76 bits per heavy atom. The zero-order valence-corrected chi connectivity index (χ0v) is 17.5. The maximum atomic E-state index is 12.8. The smallest absolute Gasteiger partial charge is 0.266 e. The molecule has 1 amide bonds. The van der Waals surface area contributed by atoms with E-state index in [1.165, 1.54) is 6.08 Å². The summed E-state index contributed by atoms with van der Waals surface area (Å²) in [6.07, 6.45) is 1.48. The van der Waals surface area contributed by atoms with Crippen LogP contribution in [-0.4, -0.2) is 15.7 Å². The van der Waals surface area contributed by atoms with Crippen molar-refractivity contribution in [3.05, 3.63) is 81.1 Å². The predicted octanol–water partition coefficient (Wildman–Crippen LogP) is 5.31. The highest BCUT2D eigenvalue weighted by molar-refractivity contribution is 6.31. The lowest BCUT2D eigenvalue weighted by molar-refractivity contribution is -0.112. The van der Waals surface area contributed by atoms with Crippen LogP contribution in [0, 0.1) is 39.0 Å². The molecule has 0 aliphatic rings. The second-order valence-corrected chi connectivity index (χ2v) is 7.29. The molecular formula is C23H21ClN4O. The molecule has 6 heteroatoms. The van der Waals surface area contributed by atoms with Crippen LogP contribution in [0.4, 0.5) is 5.69 Å². The average molecular weight is 405 g/mol. The number of aromatic nitrogens is 2. The molecular weight excluding hydrogens is 384 g/mol. The van der Waals surface area contributed by atoms with Gasteiger partial charge in [-0.15, -0.1) is 0 Å². The van der Waals surface area contributed by atoms with E-state index in [1.54, 1.807) is 11.6 Å². The number of rotatable bonds is 4. The maximum Gasteiger partial charge on any atom is 0.266 e. The molecule has 0 radical (unpaired) electrons. The third-order valence-electron chi connectivity index (χ3n) is 4.62. The molecule has 0 aliphatic heterocycles. The number of carbonyl (C=O) groups is 1. The van der Waals surface area contributed by atoms with Crippen LogP contribution in [-0.2, 0) is 4.79 Å². The predicted molar refractivity (Wildman–Crippen MR) is 116 cm³/mol. The normalized spacial score (nSPS) is 11.2. The Balaban J connectivity index is 1.96. The molecule has 3 aromatic rings. The van der Waals surface area contributed by atoms with Crippen LogP contribution in [0.25, 0.3) is 11.8 Å². The van der Waals surface area contributed by atoms with Crippen molar-refractivity contribution in [1.29, 1.82) is 5.26 Å². The standard InChI is InChI=1S/C23H21ClN4O/c1-14-10-15(2)21(16(3)11-14)26-23(29)18(13-25)12-20-17(4)27-28(22(20)24)19-8-6-5-7-9-19/h5-12H,1-4H3,(H,26,29)/b18-12+. The Labute approximate surface area is 175 Å². The van der Waals surface area contributed by atoms with Gasteiger partial charge in [0.2, 0.25) is 0 Å². The summed E-state index contributed by atoms with van der Waals surface area (Å²) < 4.78 is 1.59. The molecule has 1 aromatic heterocycles. The first kappa shape index (κ1) is 20.4. The van der Waals surface area contributed by atoms with Crippen LogP contribution in [0.5, 0.6) is 0 Å². The van der Waals surface area contributed by atoms with Gasteiger partial charge in [0, 0.05) is 11.3 Å². The zero-order valence-electron chi connectivity index (χ0n) is 16.7. The quantitative estimate of drug-likeness (QED) is 0.473. The van der Waals surface area contributed by atoms with Gasteiger partial charge in [-0.05, 0) is 57.0 Å². The van der Waals surface area contributed by atoms with Gasteiger partial charge in [-0.25, -0.2) is 4.68 Å². The minimum Gasteiger partial charge on any atom is -0.321 e. The van der Waals surface area contributed by atoms with E-state index in [4.69, 9.17) is 11.6 Å². The van der Waals surface area contributed by atoms with E-state index in [9.17, 15) is 10.1 Å². The molecule has 3 rings (SSSR count). The second kappa shape index (κ2) is 8.34. The number of carbonyl (C=O) groups excluding carboxylic acids is 1. The zero-order chi connectivity index (χ0) is 21.1. The number of nitriles is 1. The molecule has 1 heterocycles. The Morgan fingerprint density at radius 3 is 2.34 bits per heavy atom. The number of anilines is 1. The minimum atomic E-state index is -0.481. The SMILES string of the molecule is Cc1cc(C)c(NC(=O)/C(C#N)=C/c2c(C)nn(-c3ccccc3)c2Cl)c(C)c1. The van der Waals surface area contributed by atoms with Gasteiger partial charge in [0.25, 0.3) is 5.91 Å². The van der Waals surface area contributed by atoms with Gasteiger partial charge in [-0.3, -0.25) is 4.79 Å². The van der Waals surface area contributed by atoms with E-state index in [2.05, 4.69) is 10.4 Å². The highest BCUT2D eigenvalue weighted by Gasteiger charge is 2.17. The van der Waals surface area contributed by atoms with Gasteiger partial charge in [0.05, 0.1) is 11.4 Å². The van der Waals surface area contributed by atoms with Gasteiger partial charge in [0.1, 0.15) is 16.8 Å². The van der Waals surface area contributed by atoms with E-state index in [0.29, 0.717) is 22.1 Å². The van der Waals surface area contributed by atoms with Gasteiger partial charge in [-0.1, -0.05) is 47.5 Å². The van der Waals surface area contributed by atoms with E-state index < -0.39 is 5.91 Å². The monoisotopic (exact) mass is 404 g/mol. The first-order valence-electron chi connectivity index (χ1n) is 9.13. The summed E-state index contributed by atoms with van der Waals surface area (Å²) in [5.41, 5.74) is 5.64. The lowest BCUT2D eigenvalue weighted by atomic mass is 10.0. The van der Waals surface area contributed by atoms with E-state index in [0.717, 1.165) is 22.4 Å². The molecule has 146 valence electrons. The number of benzene rings is 2. The van der Waals surface area contributed by atoms with Crippen molar-refractivity contribution in [1.82, 2.24) is 9.78 Å². The molecule has 0 aliphatic carbocycles. The average Bonchev–Trinajstić information content (AvgIpc) is 2.97. The molecule has 0 atom stereocenters. The van der Waals surface area contributed by atoms with Crippen LogP contribution >= 0.6 is 11.6 Å². The molecule has 1 N–H and O–H groups in total. The van der Waals surface area contributed by atoms with Crippen molar-refractivity contribution in [2.45, 2.75) is 27.7 Å². The number of nitrogens with zero attached hydrogens (tertiary/aromatic N) is 3. The van der Waals surface area contributed by atoms with E-state index in [-0.39, 0.29) is 5.57 Å². The number of aryl methyl sites for hydroxylation is 4. The highest BCUT2D eigenvalue weighted by Crippen LogP contribution is 2.27. The molecule has 0 fully saturated rings. The molecule has 0 unspecified atom stereocenters. The van der Waals surface area contributed by atoms with Crippen molar-refractivity contribution < 1.29 is 4.79 Å². The molecule has 2 aromatic carbocycles. The summed E-state index contributed by atoms with van der Waals surface area (Å²) in [7, 11) is 0. The molecule has 0 spiro atoms. The number of para-hydroxylation sites is 1. The van der Waals surface area contributed by atoms with Crippen LogP contribution in [0.15, 0.2) is 48.0 Å². The lowest BCUT2D eigenvalue weighted by Crippen LogP contribution is -2.15. The number of hydrogen-bond donors (Lipinski definition) is 1. The van der Waals surface area contributed by atoms with Crippen LogP contribution in [0.2, 0.25) is 5.15 Å². The van der Waals surface area contributed by atoms with Crippen molar-refractivity contribution in [2.24, 2.45) is 0 Å². The lowest BCUT2D eigenvalue weighted by Gasteiger charge is -2.12. The Kier molecular flexibility index (Phi) is 5.86. The fourth-order valence-electron chi connectivity index (χ4n) is 3.27. The molecule has 5 nitrogen and oxygen atoms in total. The Bertz CT molecular complexity index is 1130. The third-order valence-corrected chi connectivity index (χ3v) is 4.98. The largest absolute Gasteiger partial charge is 0.321 e. The fraction of sp³-hybridized carbons (Fsp3) is 0.174. The summed E-state index contributed by atoms with van der Waals surface area (Å²) in [5.74, 6) is -0.481. The Hall–Kier alpha value is -3.36. The molecule has 0 saturated carbocycles. The molecule has 0 bridgehead atoms. The van der Waals surface area contributed by atoms with Crippen LogP contribution < -0.4 is 5.32 Å². The number of hydrogen-bond acceptors (Lipinski definition) is 3. The van der Waals surface area contributed by atoms with Crippen molar-refractivity contribution in [2.75, 3.05) is 5.32 Å². The first-order valence-corrected chi connectivity index (χ1v) is 9.51. The second-order valence-electron chi connectivity index (χ2n) is 6.93. The van der Waals surface area contributed by atoms with Crippen molar-refractivity contribution in [3.8, 4) is 11.8 Å². The summed E-state index contributed by atoms with van der Waals surface area (Å²) in [6, 6.07) is 15.4. The number of amides is 1. The van der Waals surface area contributed by atoms with Crippen molar-refractivity contribution >= 4 is 29.3 Å².